The Morgan fingerprint density at radius 2 is 1.91 bits per heavy atom. The van der Waals surface area contributed by atoms with Gasteiger partial charge in [-0.25, -0.2) is 4.98 Å². The smallest absolute Gasteiger partial charge is 0.254 e. The first-order chi connectivity index (χ1) is 16.1. The van der Waals surface area contributed by atoms with E-state index in [9.17, 15) is 4.79 Å². The molecule has 2 heterocycles. The summed E-state index contributed by atoms with van der Waals surface area (Å²) in [6.07, 6.45) is 0.797. The average Bonchev–Trinajstić information content (AvgIpc) is 3.08. The van der Waals surface area contributed by atoms with Gasteiger partial charge in [0.25, 0.3) is 5.91 Å². The van der Waals surface area contributed by atoms with E-state index in [2.05, 4.69) is 35.4 Å². The molecule has 0 bridgehead atoms. The second-order valence-corrected chi connectivity index (χ2v) is 8.29. The Labute approximate surface area is 193 Å². The molecule has 1 amide bonds. The summed E-state index contributed by atoms with van der Waals surface area (Å²) in [5.41, 5.74) is 7.53. The van der Waals surface area contributed by atoms with Gasteiger partial charge in [-0.3, -0.25) is 4.79 Å². The van der Waals surface area contributed by atoms with Crippen LogP contribution in [0, 0.1) is 6.92 Å². The molecule has 0 aliphatic carbocycles. The summed E-state index contributed by atoms with van der Waals surface area (Å²) in [7, 11) is 1.89. The van der Waals surface area contributed by atoms with Crippen molar-refractivity contribution >= 4 is 22.7 Å². The van der Waals surface area contributed by atoms with Crippen LogP contribution in [0.2, 0.25) is 0 Å². The summed E-state index contributed by atoms with van der Waals surface area (Å²) in [5, 5.41) is 3.15. The third-order valence-corrected chi connectivity index (χ3v) is 6.16. The van der Waals surface area contributed by atoms with Crippen LogP contribution < -0.4 is 10.1 Å². The molecule has 0 unspecified atom stereocenters. The lowest BCUT2D eigenvalue weighted by Crippen LogP contribution is -2.33. The van der Waals surface area contributed by atoms with Crippen molar-refractivity contribution in [3.05, 3.63) is 77.2 Å². The van der Waals surface area contributed by atoms with Gasteiger partial charge in [0.15, 0.2) is 11.5 Å². The third-order valence-electron chi connectivity index (χ3n) is 6.16. The maximum Gasteiger partial charge on any atom is 0.254 e. The Morgan fingerprint density at radius 1 is 1.09 bits per heavy atom. The highest BCUT2D eigenvalue weighted by molar-refractivity contribution is 5.96. The highest BCUT2D eigenvalue weighted by Gasteiger charge is 2.23. The number of ether oxygens (including phenoxy) is 1. The minimum atomic E-state index is 0.0378. The number of carbonyl (C=O) groups is 1. The van der Waals surface area contributed by atoms with E-state index >= 15 is 0 Å². The van der Waals surface area contributed by atoms with Crippen LogP contribution in [0.15, 0.2) is 59.0 Å². The van der Waals surface area contributed by atoms with E-state index in [4.69, 9.17) is 9.15 Å². The van der Waals surface area contributed by atoms with Crippen molar-refractivity contribution in [3.63, 3.8) is 0 Å². The maximum absolute atomic E-state index is 13.5. The molecule has 0 atom stereocenters. The van der Waals surface area contributed by atoms with E-state index in [1.807, 2.05) is 55.3 Å². The second-order valence-electron chi connectivity index (χ2n) is 8.29. The molecule has 4 aromatic rings. The first kappa shape index (κ1) is 21.1. The van der Waals surface area contributed by atoms with Crippen LogP contribution in [0.5, 0.6) is 5.75 Å². The van der Waals surface area contributed by atoms with Gasteiger partial charge in [0.1, 0.15) is 17.9 Å². The molecule has 0 fully saturated rings. The fraction of sp³-hybridized carbons (Fsp3) is 0.259. The summed E-state index contributed by atoms with van der Waals surface area (Å²) >= 11 is 0. The SMILES string of the molecule is CCc1cc(NC)ccc1C(=O)N1CCOc2ccc(-c3ccc4oc(C)nc4c3)cc2C1. The van der Waals surface area contributed by atoms with Crippen LogP contribution in [-0.2, 0) is 13.0 Å². The summed E-state index contributed by atoms with van der Waals surface area (Å²) < 4.78 is 11.6. The van der Waals surface area contributed by atoms with Crippen molar-refractivity contribution in [1.29, 1.82) is 0 Å². The first-order valence-corrected chi connectivity index (χ1v) is 11.3. The zero-order valence-corrected chi connectivity index (χ0v) is 19.1. The number of nitrogens with one attached hydrogen (secondary N) is 1. The Bertz CT molecular complexity index is 1340. The van der Waals surface area contributed by atoms with Gasteiger partial charge >= 0.3 is 0 Å². The van der Waals surface area contributed by atoms with Gasteiger partial charge in [-0.05, 0) is 65.6 Å². The van der Waals surface area contributed by atoms with Crippen molar-refractivity contribution in [2.45, 2.75) is 26.8 Å². The lowest BCUT2D eigenvalue weighted by molar-refractivity contribution is 0.0732. The van der Waals surface area contributed by atoms with E-state index in [0.717, 1.165) is 56.8 Å². The van der Waals surface area contributed by atoms with Gasteiger partial charge in [0, 0.05) is 37.3 Å². The molecule has 0 spiro atoms. The third kappa shape index (κ3) is 4.04. The molecule has 6 heteroatoms. The number of carbonyl (C=O) groups excluding carboxylic acids is 1. The van der Waals surface area contributed by atoms with Crippen molar-refractivity contribution in [2.24, 2.45) is 0 Å². The molecule has 0 saturated carbocycles. The molecule has 1 N–H and O–H groups in total. The monoisotopic (exact) mass is 441 g/mol. The standard InChI is InChI=1S/C27H27N3O3/c1-4-18-14-22(28-3)7-8-23(18)27(31)30-11-12-32-25-9-5-19(13-21(25)16-30)20-6-10-26-24(15-20)29-17(2)33-26/h5-10,13-15,28H,4,11-12,16H2,1-3H3. The van der Waals surface area contributed by atoms with Gasteiger partial charge in [-0.15, -0.1) is 0 Å². The number of hydrogen-bond donors (Lipinski definition) is 1. The molecule has 1 aliphatic heterocycles. The second kappa shape index (κ2) is 8.62. The van der Waals surface area contributed by atoms with Crippen LogP contribution in [0.3, 0.4) is 0 Å². The van der Waals surface area contributed by atoms with Crippen LogP contribution in [0.25, 0.3) is 22.2 Å². The number of hydrogen-bond acceptors (Lipinski definition) is 5. The number of nitrogens with zero attached hydrogens (tertiary/aromatic N) is 2. The molecule has 0 saturated heterocycles. The van der Waals surface area contributed by atoms with Crippen molar-refractivity contribution in [2.75, 3.05) is 25.5 Å². The number of aryl methyl sites for hydroxylation is 2. The molecule has 6 nitrogen and oxygen atoms in total. The molecule has 33 heavy (non-hydrogen) atoms. The summed E-state index contributed by atoms with van der Waals surface area (Å²) in [5.74, 6) is 1.52. The minimum Gasteiger partial charge on any atom is -0.491 e. The predicted octanol–water partition coefficient (Wildman–Crippen LogP) is 5.44. The molecule has 1 aromatic heterocycles. The van der Waals surface area contributed by atoms with Gasteiger partial charge in [0.2, 0.25) is 0 Å². The number of amides is 1. The predicted molar refractivity (Wildman–Crippen MR) is 130 cm³/mol. The zero-order valence-electron chi connectivity index (χ0n) is 19.1. The summed E-state index contributed by atoms with van der Waals surface area (Å²) in [4.78, 5) is 19.8. The zero-order chi connectivity index (χ0) is 22.9. The van der Waals surface area contributed by atoms with E-state index < -0.39 is 0 Å². The number of rotatable bonds is 4. The number of anilines is 1. The molecule has 3 aromatic carbocycles. The maximum atomic E-state index is 13.5. The Morgan fingerprint density at radius 3 is 2.73 bits per heavy atom. The minimum absolute atomic E-state index is 0.0378. The Hall–Kier alpha value is -3.80. The normalized spacial score (nSPS) is 13.4. The largest absolute Gasteiger partial charge is 0.491 e. The van der Waals surface area contributed by atoms with Crippen molar-refractivity contribution < 1.29 is 13.9 Å². The van der Waals surface area contributed by atoms with Gasteiger partial charge < -0.3 is 19.4 Å². The van der Waals surface area contributed by atoms with E-state index in [1.165, 1.54) is 0 Å². The Kier molecular flexibility index (Phi) is 5.50. The van der Waals surface area contributed by atoms with Crippen LogP contribution in [0.4, 0.5) is 5.69 Å². The molecular formula is C27H27N3O3. The highest BCUT2D eigenvalue weighted by Crippen LogP contribution is 2.31. The fourth-order valence-electron chi connectivity index (χ4n) is 4.39. The van der Waals surface area contributed by atoms with Crippen LogP contribution in [-0.4, -0.2) is 36.0 Å². The van der Waals surface area contributed by atoms with E-state index in [-0.39, 0.29) is 5.91 Å². The molecule has 168 valence electrons. The lowest BCUT2D eigenvalue weighted by Gasteiger charge is -2.22. The average molecular weight is 442 g/mol. The Balaban J connectivity index is 1.46. The molecular weight excluding hydrogens is 414 g/mol. The van der Waals surface area contributed by atoms with Gasteiger partial charge in [-0.1, -0.05) is 19.1 Å². The van der Waals surface area contributed by atoms with Gasteiger partial charge in [0.05, 0.1) is 6.54 Å². The van der Waals surface area contributed by atoms with E-state index in [1.54, 1.807) is 0 Å². The lowest BCUT2D eigenvalue weighted by atomic mass is 10.0. The number of fused-ring (bicyclic) bond motifs is 2. The van der Waals surface area contributed by atoms with Crippen LogP contribution in [0.1, 0.15) is 34.3 Å². The number of aromatic nitrogens is 1. The summed E-state index contributed by atoms with van der Waals surface area (Å²) in [6.45, 7) is 5.44. The molecule has 1 aliphatic rings. The van der Waals surface area contributed by atoms with Crippen molar-refractivity contribution in [3.8, 4) is 16.9 Å². The van der Waals surface area contributed by atoms with E-state index in [0.29, 0.717) is 25.6 Å². The number of oxazole rings is 1. The summed E-state index contributed by atoms with van der Waals surface area (Å²) in [6, 6.07) is 18.1. The topological polar surface area (TPSA) is 67.6 Å². The number of benzene rings is 3. The van der Waals surface area contributed by atoms with Gasteiger partial charge in [-0.2, -0.15) is 0 Å². The quantitative estimate of drug-likeness (QED) is 0.457. The van der Waals surface area contributed by atoms with Crippen LogP contribution >= 0.6 is 0 Å². The fourth-order valence-corrected chi connectivity index (χ4v) is 4.39. The molecule has 0 radical (unpaired) electrons. The highest BCUT2D eigenvalue weighted by atomic mass is 16.5. The van der Waals surface area contributed by atoms with Crippen molar-refractivity contribution in [1.82, 2.24) is 9.88 Å². The first-order valence-electron chi connectivity index (χ1n) is 11.3. The molecule has 5 rings (SSSR count).